The minimum absolute atomic E-state index is 0.132. The molecule has 1 N–H and O–H groups in total. The van der Waals surface area contributed by atoms with Crippen LogP contribution >= 0.6 is 0 Å². The molecule has 1 aliphatic carbocycles. The highest BCUT2D eigenvalue weighted by Gasteiger charge is 2.33. The summed E-state index contributed by atoms with van der Waals surface area (Å²) in [6.07, 6.45) is 6.08. The molecule has 0 amide bonds. The first kappa shape index (κ1) is 14.5. The van der Waals surface area contributed by atoms with E-state index in [0.717, 1.165) is 25.3 Å². The van der Waals surface area contributed by atoms with Crippen LogP contribution in [0.5, 0.6) is 0 Å². The van der Waals surface area contributed by atoms with Gasteiger partial charge in [0.05, 0.1) is 12.1 Å². The second-order valence-electron chi connectivity index (χ2n) is 6.30. The molecular weight excluding hydrogens is 270 g/mol. The molecule has 0 bridgehead atoms. The Labute approximate surface area is 124 Å². The Morgan fingerprint density at radius 3 is 2.86 bits per heavy atom. The van der Waals surface area contributed by atoms with Crippen molar-refractivity contribution in [1.29, 1.82) is 0 Å². The van der Waals surface area contributed by atoms with E-state index in [1.165, 1.54) is 31.7 Å². The lowest BCUT2D eigenvalue weighted by molar-refractivity contribution is -0.402. The molecule has 2 heterocycles. The van der Waals surface area contributed by atoms with Gasteiger partial charge in [-0.05, 0) is 51.3 Å². The lowest BCUT2D eigenvalue weighted by atomic mass is 9.93. The lowest BCUT2D eigenvalue weighted by Crippen LogP contribution is -2.35. The first-order chi connectivity index (χ1) is 10.1. The van der Waals surface area contributed by atoms with Gasteiger partial charge in [-0.25, -0.2) is 0 Å². The highest BCUT2D eigenvalue weighted by molar-refractivity contribution is 5.20. The van der Waals surface area contributed by atoms with Crippen molar-refractivity contribution in [3.05, 3.63) is 28.0 Å². The summed E-state index contributed by atoms with van der Waals surface area (Å²) >= 11 is 0. The zero-order valence-electron chi connectivity index (χ0n) is 12.5. The van der Waals surface area contributed by atoms with E-state index in [9.17, 15) is 10.1 Å². The van der Waals surface area contributed by atoms with E-state index >= 15 is 0 Å². The molecule has 1 saturated heterocycles. The van der Waals surface area contributed by atoms with E-state index in [2.05, 4.69) is 17.3 Å². The molecule has 6 nitrogen and oxygen atoms in total. The Bertz CT molecular complexity index is 498. The molecule has 1 aliphatic heterocycles. The fourth-order valence-corrected chi connectivity index (χ4v) is 3.29. The summed E-state index contributed by atoms with van der Waals surface area (Å²) in [5.41, 5.74) is 0. The number of rotatable bonds is 5. The first-order valence-electron chi connectivity index (χ1n) is 7.83. The Balaban J connectivity index is 1.78. The van der Waals surface area contributed by atoms with Gasteiger partial charge in [0.15, 0.2) is 0 Å². The van der Waals surface area contributed by atoms with Crippen LogP contribution in [0.1, 0.15) is 43.9 Å². The van der Waals surface area contributed by atoms with Crippen LogP contribution in [0.2, 0.25) is 0 Å². The summed E-state index contributed by atoms with van der Waals surface area (Å²) in [7, 11) is 2.09. The monoisotopic (exact) mass is 293 g/mol. The lowest BCUT2D eigenvalue weighted by Gasteiger charge is -2.30. The molecule has 0 spiro atoms. The van der Waals surface area contributed by atoms with Crippen molar-refractivity contribution in [2.24, 2.45) is 5.92 Å². The Morgan fingerprint density at radius 1 is 1.38 bits per heavy atom. The van der Waals surface area contributed by atoms with E-state index in [1.54, 1.807) is 6.07 Å². The molecule has 116 valence electrons. The molecule has 2 unspecified atom stereocenters. The maximum Gasteiger partial charge on any atom is 0.433 e. The molecule has 21 heavy (non-hydrogen) atoms. The molecule has 2 aliphatic rings. The Hall–Kier alpha value is -1.40. The van der Waals surface area contributed by atoms with E-state index in [4.69, 9.17) is 4.42 Å². The van der Waals surface area contributed by atoms with Crippen LogP contribution in [0.4, 0.5) is 5.88 Å². The number of hydrogen-bond acceptors (Lipinski definition) is 5. The second-order valence-corrected chi connectivity index (χ2v) is 6.30. The second kappa shape index (κ2) is 6.15. The predicted molar refractivity (Wildman–Crippen MR) is 79.1 cm³/mol. The Kier molecular flexibility index (Phi) is 4.26. The molecule has 2 atom stereocenters. The maximum absolute atomic E-state index is 10.8. The smallest absolute Gasteiger partial charge is 0.404 e. The third-order valence-corrected chi connectivity index (χ3v) is 4.59. The van der Waals surface area contributed by atoms with Crippen molar-refractivity contribution in [1.82, 2.24) is 10.2 Å². The van der Waals surface area contributed by atoms with Gasteiger partial charge in [0, 0.05) is 12.6 Å². The van der Waals surface area contributed by atoms with Gasteiger partial charge in [-0.3, -0.25) is 15.0 Å². The molecule has 0 radical (unpaired) electrons. The third kappa shape index (κ3) is 3.44. The van der Waals surface area contributed by atoms with Gasteiger partial charge in [0.25, 0.3) is 0 Å². The minimum atomic E-state index is -0.461. The number of likely N-dealkylation sites (tertiary alicyclic amines) is 1. The van der Waals surface area contributed by atoms with Crippen LogP contribution in [-0.2, 0) is 0 Å². The number of furan rings is 1. The predicted octanol–water partition coefficient (Wildman–Crippen LogP) is 2.71. The van der Waals surface area contributed by atoms with Gasteiger partial charge in [0.2, 0.25) is 0 Å². The molecule has 1 aromatic rings. The van der Waals surface area contributed by atoms with Crippen LogP contribution in [0.15, 0.2) is 16.5 Å². The van der Waals surface area contributed by atoms with Crippen molar-refractivity contribution in [3.63, 3.8) is 0 Å². The van der Waals surface area contributed by atoms with E-state index < -0.39 is 4.92 Å². The highest BCUT2D eigenvalue weighted by atomic mass is 16.6. The summed E-state index contributed by atoms with van der Waals surface area (Å²) in [5, 5.41) is 14.4. The van der Waals surface area contributed by atoms with Gasteiger partial charge in [-0.1, -0.05) is 6.42 Å². The fourth-order valence-electron chi connectivity index (χ4n) is 3.29. The number of nitrogens with zero attached hydrogens (tertiary/aromatic N) is 2. The average Bonchev–Trinajstić information content (AvgIpc) is 3.19. The van der Waals surface area contributed by atoms with Gasteiger partial charge in [0.1, 0.15) is 10.7 Å². The molecule has 0 aromatic carbocycles. The average molecular weight is 293 g/mol. The normalized spacial score (nSPS) is 27.5. The van der Waals surface area contributed by atoms with Crippen LogP contribution in [0.25, 0.3) is 0 Å². The van der Waals surface area contributed by atoms with Crippen molar-refractivity contribution >= 4 is 5.88 Å². The maximum atomic E-state index is 10.8. The van der Waals surface area contributed by atoms with Crippen molar-refractivity contribution in [2.75, 3.05) is 20.1 Å². The van der Waals surface area contributed by atoms with Gasteiger partial charge >= 0.3 is 5.88 Å². The summed E-state index contributed by atoms with van der Waals surface area (Å²) in [5.74, 6) is 1.02. The van der Waals surface area contributed by atoms with E-state index in [0.29, 0.717) is 12.0 Å². The number of nitro groups is 1. The molecule has 2 fully saturated rings. The van der Waals surface area contributed by atoms with Crippen LogP contribution < -0.4 is 5.32 Å². The fraction of sp³-hybridized carbons (Fsp3) is 0.733. The summed E-state index contributed by atoms with van der Waals surface area (Å²) < 4.78 is 5.49. The molecule has 1 aromatic heterocycles. The van der Waals surface area contributed by atoms with Crippen molar-refractivity contribution < 1.29 is 9.34 Å². The largest absolute Gasteiger partial charge is 0.433 e. The van der Waals surface area contributed by atoms with Crippen molar-refractivity contribution in [3.8, 4) is 0 Å². The van der Waals surface area contributed by atoms with Gasteiger partial charge in [-0.2, -0.15) is 0 Å². The summed E-state index contributed by atoms with van der Waals surface area (Å²) in [6.45, 7) is 1.98. The molecular formula is C15H23N3O3. The number of nitrogens with one attached hydrogen (secondary N) is 1. The zero-order chi connectivity index (χ0) is 14.8. The van der Waals surface area contributed by atoms with Crippen molar-refractivity contribution in [2.45, 2.75) is 44.2 Å². The van der Waals surface area contributed by atoms with Crippen LogP contribution in [-0.4, -0.2) is 36.0 Å². The van der Waals surface area contributed by atoms with Crippen LogP contribution in [0, 0.1) is 16.0 Å². The van der Waals surface area contributed by atoms with Crippen LogP contribution in [0.3, 0.4) is 0 Å². The molecule has 3 rings (SSSR count). The summed E-state index contributed by atoms with van der Waals surface area (Å²) in [6, 6.07) is 4.06. The molecule has 6 heteroatoms. The Morgan fingerprint density at radius 2 is 2.19 bits per heavy atom. The number of hydrogen-bond donors (Lipinski definition) is 1. The van der Waals surface area contributed by atoms with E-state index in [1.807, 2.05) is 0 Å². The third-order valence-electron chi connectivity index (χ3n) is 4.59. The standard InChI is InChI=1S/C15H23N3O3/c1-17-9-3-2-4-11(10-16-12-5-6-12)15(17)13-7-8-14(21-13)18(19)20/h7-8,11-12,15-16H,2-6,9-10H2,1H3. The zero-order valence-corrected chi connectivity index (χ0v) is 12.5. The topological polar surface area (TPSA) is 71.5 Å². The SMILES string of the molecule is CN1CCCCC(CNC2CC2)C1c1ccc([N+](=O)[O-])o1. The van der Waals surface area contributed by atoms with E-state index in [-0.39, 0.29) is 11.9 Å². The highest BCUT2D eigenvalue weighted by Crippen LogP contribution is 2.36. The van der Waals surface area contributed by atoms with Gasteiger partial charge < -0.3 is 9.73 Å². The van der Waals surface area contributed by atoms with Gasteiger partial charge in [-0.15, -0.1) is 0 Å². The summed E-state index contributed by atoms with van der Waals surface area (Å²) in [4.78, 5) is 12.7. The quantitative estimate of drug-likeness (QED) is 0.667. The molecule has 1 saturated carbocycles. The minimum Gasteiger partial charge on any atom is -0.404 e. The first-order valence-corrected chi connectivity index (χ1v) is 7.83.